The molecule has 3 rings (SSSR count). The van der Waals surface area contributed by atoms with E-state index < -0.39 is 0 Å². The highest BCUT2D eigenvalue weighted by molar-refractivity contribution is 5.33. The number of benzene rings is 2. The summed E-state index contributed by atoms with van der Waals surface area (Å²) in [5.41, 5.74) is 1.98. The topological polar surface area (TPSA) is 47.3 Å². The minimum absolute atomic E-state index is 0.197. The molecule has 0 radical (unpaired) electrons. The number of aromatic nitrogens is 2. The van der Waals surface area contributed by atoms with Crippen LogP contribution in [0.1, 0.15) is 5.56 Å². The Bertz CT molecular complexity index is 692. The Labute approximate surface area is 116 Å². The summed E-state index contributed by atoms with van der Waals surface area (Å²) in [7, 11) is 0. The molecule has 4 heteroatoms. The number of hydrogen-bond acceptors (Lipinski definition) is 3. The molecule has 100 valence electrons. The summed E-state index contributed by atoms with van der Waals surface area (Å²) in [4.78, 5) is 0. The van der Waals surface area contributed by atoms with Gasteiger partial charge in [0.05, 0.1) is 11.9 Å². The van der Waals surface area contributed by atoms with Crippen LogP contribution in [0.15, 0.2) is 67.0 Å². The first kappa shape index (κ1) is 12.3. The number of phenols is 1. The molecule has 3 aromatic rings. The number of nitrogens with zero attached hydrogens (tertiary/aromatic N) is 2. The van der Waals surface area contributed by atoms with E-state index in [4.69, 9.17) is 4.74 Å². The van der Waals surface area contributed by atoms with E-state index in [1.807, 2.05) is 36.5 Å². The highest BCUT2D eigenvalue weighted by Crippen LogP contribution is 2.19. The number of ether oxygens (including phenoxy) is 1. The highest BCUT2D eigenvalue weighted by Gasteiger charge is 2.02. The molecule has 0 fully saturated rings. The first-order valence-electron chi connectivity index (χ1n) is 6.32. The summed E-state index contributed by atoms with van der Waals surface area (Å²) in [6.07, 6.45) is 3.70. The van der Waals surface area contributed by atoms with Crippen molar-refractivity contribution in [2.24, 2.45) is 0 Å². The predicted molar refractivity (Wildman–Crippen MR) is 76.0 cm³/mol. The lowest BCUT2D eigenvalue weighted by Crippen LogP contribution is -1.95. The molecule has 1 aromatic heterocycles. The third-order valence-electron chi connectivity index (χ3n) is 2.88. The Balaban J connectivity index is 1.69. The van der Waals surface area contributed by atoms with Crippen LogP contribution >= 0.6 is 0 Å². The zero-order valence-corrected chi connectivity index (χ0v) is 10.8. The van der Waals surface area contributed by atoms with Gasteiger partial charge in [0.25, 0.3) is 0 Å². The van der Waals surface area contributed by atoms with Crippen LogP contribution in [0.5, 0.6) is 11.5 Å². The predicted octanol–water partition coefficient (Wildman–Crippen LogP) is 3.16. The number of hydrogen-bond donors (Lipinski definition) is 1. The molecule has 0 aliphatic heterocycles. The smallest absolute Gasteiger partial charge is 0.123 e. The highest BCUT2D eigenvalue weighted by atomic mass is 16.5. The summed E-state index contributed by atoms with van der Waals surface area (Å²) >= 11 is 0. The van der Waals surface area contributed by atoms with Gasteiger partial charge >= 0.3 is 0 Å². The zero-order valence-electron chi connectivity index (χ0n) is 10.8. The second-order valence-corrected chi connectivity index (χ2v) is 4.41. The second-order valence-electron chi connectivity index (χ2n) is 4.41. The van der Waals surface area contributed by atoms with Gasteiger partial charge in [0, 0.05) is 17.8 Å². The van der Waals surface area contributed by atoms with E-state index >= 15 is 0 Å². The molecule has 1 N–H and O–H groups in total. The van der Waals surface area contributed by atoms with Crippen molar-refractivity contribution >= 4 is 0 Å². The van der Waals surface area contributed by atoms with Crippen molar-refractivity contribution in [3.05, 3.63) is 72.6 Å². The Morgan fingerprint density at radius 3 is 2.70 bits per heavy atom. The molecule has 0 spiro atoms. The van der Waals surface area contributed by atoms with Crippen LogP contribution in [0.3, 0.4) is 0 Å². The van der Waals surface area contributed by atoms with Gasteiger partial charge in [0.15, 0.2) is 0 Å². The number of para-hydroxylation sites is 1. The van der Waals surface area contributed by atoms with Gasteiger partial charge in [-0.05, 0) is 24.3 Å². The fraction of sp³-hybridized carbons (Fsp3) is 0.0625. The van der Waals surface area contributed by atoms with Gasteiger partial charge in [-0.3, -0.25) is 0 Å². The third-order valence-corrected chi connectivity index (χ3v) is 2.88. The number of rotatable bonds is 4. The minimum atomic E-state index is 0.197. The van der Waals surface area contributed by atoms with E-state index in [9.17, 15) is 5.11 Å². The summed E-state index contributed by atoms with van der Waals surface area (Å²) < 4.78 is 7.42. The lowest BCUT2D eigenvalue weighted by atomic mass is 10.3. The average Bonchev–Trinajstić information content (AvgIpc) is 2.95. The van der Waals surface area contributed by atoms with E-state index in [1.165, 1.54) is 0 Å². The fourth-order valence-electron chi connectivity index (χ4n) is 1.90. The summed E-state index contributed by atoms with van der Waals surface area (Å²) in [5, 5.41) is 13.7. The van der Waals surface area contributed by atoms with Crippen LogP contribution in [0.25, 0.3) is 5.69 Å². The maximum absolute atomic E-state index is 9.37. The molecular weight excluding hydrogens is 252 g/mol. The van der Waals surface area contributed by atoms with Crippen molar-refractivity contribution in [1.29, 1.82) is 0 Å². The molecule has 4 nitrogen and oxygen atoms in total. The molecule has 0 atom stereocenters. The van der Waals surface area contributed by atoms with E-state index in [0.29, 0.717) is 12.4 Å². The van der Waals surface area contributed by atoms with Crippen LogP contribution in [0, 0.1) is 0 Å². The zero-order chi connectivity index (χ0) is 13.8. The SMILES string of the molecule is Oc1cccc(OCc2cnn(-c3ccccc3)c2)c1. The van der Waals surface area contributed by atoms with Crippen molar-refractivity contribution in [1.82, 2.24) is 9.78 Å². The molecule has 0 saturated heterocycles. The van der Waals surface area contributed by atoms with Crippen molar-refractivity contribution in [2.75, 3.05) is 0 Å². The number of aromatic hydroxyl groups is 1. The lowest BCUT2D eigenvalue weighted by molar-refractivity contribution is 0.304. The quantitative estimate of drug-likeness (QED) is 0.789. The molecule has 0 aliphatic rings. The second kappa shape index (κ2) is 5.48. The van der Waals surface area contributed by atoms with E-state index in [1.54, 1.807) is 35.1 Å². The van der Waals surface area contributed by atoms with E-state index in [-0.39, 0.29) is 5.75 Å². The molecule has 1 heterocycles. The Morgan fingerprint density at radius 1 is 1.05 bits per heavy atom. The molecule has 0 unspecified atom stereocenters. The third kappa shape index (κ3) is 2.80. The fourth-order valence-corrected chi connectivity index (χ4v) is 1.90. The summed E-state index contributed by atoms with van der Waals surface area (Å²) in [5.74, 6) is 0.833. The van der Waals surface area contributed by atoms with Gasteiger partial charge in [-0.1, -0.05) is 24.3 Å². The van der Waals surface area contributed by atoms with Gasteiger partial charge in [0.1, 0.15) is 18.1 Å². The van der Waals surface area contributed by atoms with Crippen molar-refractivity contribution in [2.45, 2.75) is 6.61 Å². The van der Waals surface area contributed by atoms with Gasteiger partial charge in [0.2, 0.25) is 0 Å². The van der Waals surface area contributed by atoms with Crippen LogP contribution in [0.2, 0.25) is 0 Å². The maximum Gasteiger partial charge on any atom is 0.123 e. The molecule has 20 heavy (non-hydrogen) atoms. The van der Waals surface area contributed by atoms with Gasteiger partial charge < -0.3 is 9.84 Å². The average molecular weight is 266 g/mol. The van der Waals surface area contributed by atoms with E-state index in [2.05, 4.69) is 5.10 Å². The molecule has 0 aliphatic carbocycles. The van der Waals surface area contributed by atoms with Crippen LogP contribution < -0.4 is 4.74 Å². The Morgan fingerprint density at radius 2 is 1.90 bits per heavy atom. The van der Waals surface area contributed by atoms with E-state index in [0.717, 1.165) is 11.3 Å². The van der Waals surface area contributed by atoms with Crippen LogP contribution in [-0.2, 0) is 6.61 Å². The van der Waals surface area contributed by atoms with Crippen LogP contribution in [-0.4, -0.2) is 14.9 Å². The van der Waals surface area contributed by atoms with Gasteiger partial charge in [-0.2, -0.15) is 5.10 Å². The normalized spacial score (nSPS) is 10.4. The van der Waals surface area contributed by atoms with Crippen LogP contribution in [0.4, 0.5) is 0 Å². The Kier molecular flexibility index (Phi) is 3.37. The van der Waals surface area contributed by atoms with Gasteiger partial charge in [-0.25, -0.2) is 4.68 Å². The first-order chi connectivity index (χ1) is 9.81. The summed E-state index contributed by atoms with van der Waals surface area (Å²) in [6.45, 7) is 0.413. The van der Waals surface area contributed by atoms with Crippen molar-refractivity contribution in [3.63, 3.8) is 0 Å². The molecule has 0 saturated carbocycles. The first-order valence-corrected chi connectivity index (χ1v) is 6.32. The molecule has 2 aromatic carbocycles. The van der Waals surface area contributed by atoms with Crippen molar-refractivity contribution in [3.8, 4) is 17.2 Å². The largest absolute Gasteiger partial charge is 0.508 e. The summed E-state index contributed by atoms with van der Waals surface area (Å²) in [6, 6.07) is 16.7. The maximum atomic E-state index is 9.37. The molecule has 0 bridgehead atoms. The monoisotopic (exact) mass is 266 g/mol. The minimum Gasteiger partial charge on any atom is -0.508 e. The number of phenolic OH excluding ortho intramolecular Hbond substituents is 1. The molecule has 0 amide bonds. The van der Waals surface area contributed by atoms with Crippen molar-refractivity contribution < 1.29 is 9.84 Å². The standard InChI is InChI=1S/C16H14N2O2/c19-15-7-4-8-16(9-15)20-12-13-10-17-18(11-13)14-5-2-1-3-6-14/h1-11,19H,12H2. The van der Waals surface area contributed by atoms with Gasteiger partial charge in [-0.15, -0.1) is 0 Å². The Hall–Kier alpha value is -2.75. The molecular formula is C16H14N2O2. The lowest BCUT2D eigenvalue weighted by Gasteiger charge is -2.04.